The monoisotopic (exact) mass is 402 g/mol. The minimum Gasteiger partial charge on any atom is -0.388 e. The lowest BCUT2D eigenvalue weighted by Crippen LogP contribution is -2.12. The van der Waals surface area contributed by atoms with Crippen molar-refractivity contribution in [3.8, 4) is 11.1 Å². The maximum Gasteiger partial charge on any atom is 0.261 e. The second-order valence-electron chi connectivity index (χ2n) is 5.73. The molecule has 140 valence electrons. The van der Waals surface area contributed by atoms with Crippen molar-refractivity contribution in [2.45, 2.75) is 9.79 Å². The Morgan fingerprint density at radius 2 is 1.26 bits per heavy atom. The zero-order chi connectivity index (χ0) is 19.4. The van der Waals surface area contributed by atoms with Crippen molar-refractivity contribution in [2.75, 3.05) is 17.1 Å². The van der Waals surface area contributed by atoms with E-state index in [1.165, 1.54) is 12.1 Å². The highest BCUT2D eigenvalue weighted by molar-refractivity contribution is 7.92. The van der Waals surface area contributed by atoms with Crippen molar-refractivity contribution in [3.05, 3.63) is 72.8 Å². The Kier molecular flexibility index (Phi) is 5.59. The summed E-state index contributed by atoms with van der Waals surface area (Å²) in [5.74, 6) is 0. The molecule has 3 aromatic rings. The summed E-state index contributed by atoms with van der Waals surface area (Å²) >= 11 is -2.02. The fraction of sp³-hybridized carbons (Fsp3) is 0.0526. The highest BCUT2D eigenvalue weighted by Gasteiger charge is 2.14. The van der Waals surface area contributed by atoms with Gasteiger partial charge in [-0.3, -0.25) is 4.72 Å². The highest BCUT2D eigenvalue weighted by Crippen LogP contribution is 2.24. The Hall–Kier alpha value is -2.68. The third kappa shape index (κ3) is 4.54. The fourth-order valence-corrected chi connectivity index (χ4v) is 3.94. The van der Waals surface area contributed by atoms with Crippen LogP contribution in [0.3, 0.4) is 0 Å². The van der Waals surface area contributed by atoms with Crippen molar-refractivity contribution >= 4 is 32.5 Å². The maximum absolute atomic E-state index is 12.5. The van der Waals surface area contributed by atoms with Crippen molar-refractivity contribution < 1.29 is 17.2 Å². The molecular weight excluding hydrogens is 384 g/mol. The molecule has 0 aliphatic rings. The van der Waals surface area contributed by atoms with Crippen LogP contribution in [-0.2, 0) is 21.1 Å². The Bertz CT molecular complexity index is 1050. The molecule has 0 fully saturated rings. The molecule has 0 heterocycles. The molecule has 0 saturated carbocycles. The lowest BCUT2D eigenvalue weighted by molar-refractivity contribution is 0.564. The van der Waals surface area contributed by atoms with E-state index in [9.17, 15) is 12.6 Å². The molecule has 0 aliphatic heterocycles. The predicted molar refractivity (Wildman–Crippen MR) is 108 cm³/mol. The lowest BCUT2D eigenvalue weighted by Gasteiger charge is -2.10. The van der Waals surface area contributed by atoms with E-state index in [1.54, 1.807) is 67.7 Å². The number of sulfonamides is 1. The smallest absolute Gasteiger partial charge is 0.261 e. The van der Waals surface area contributed by atoms with Crippen molar-refractivity contribution in [1.29, 1.82) is 0 Å². The zero-order valence-corrected chi connectivity index (χ0v) is 16.0. The maximum atomic E-state index is 12.5. The average Bonchev–Trinajstić information content (AvgIpc) is 2.68. The third-order valence-electron chi connectivity index (χ3n) is 3.98. The van der Waals surface area contributed by atoms with Gasteiger partial charge in [-0.25, -0.2) is 12.6 Å². The topological polar surface area (TPSA) is 95.5 Å². The molecule has 3 N–H and O–H groups in total. The molecule has 27 heavy (non-hydrogen) atoms. The van der Waals surface area contributed by atoms with Gasteiger partial charge in [-0.1, -0.05) is 24.3 Å². The standard InChI is InChI=1S/C19H18N2O4S2/c1-20-16-6-8-17(9-7-16)21-27(24,25)19-12-4-15(5-13-19)14-2-10-18(11-3-14)26(22)23/h2-13,20-21H,1H3,(H,22,23). The SMILES string of the molecule is CNc1ccc(NS(=O)(=O)c2ccc(-c3ccc(S(=O)O)cc3)cc2)cc1. The summed E-state index contributed by atoms with van der Waals surface area (Å²) < 4.78 is 47.7. The molecule has 0 bridgehead atoms. The molecule has 0 radical (unpaired) electrons. The highest BCUT2D eigenvalue weighted by atomic mass is 32.2. The second kappa shape index (κ2) is 7.91. The summed E-state index contributed by atoms with van der Waals surface area (Å²) in [6, 6.07) is 19.9. The molecule has 0 spiro atoms. The Morgan fingerprint density at radius 1 is 0.778 bits per heavy atom. The Labute approximate surface area is 160 Å². The number of nitrogens with one attached hydrogen (secondary N) is 2. The normalized spacial score (nSPS) is 12.4. The van der Waals surface area contributed by atoms with Crippen LogP contribution in [0.5, 0.6) is 0 Å². The van der Waals surface area contributed by atoms with E-state index >= 15 is 0 Å². The molecule has 0 amide bonds. The number of anilines is 2. The molecular formula is C19H18N2O4S2. The predicted octanol–water partition coefficient (Wildman–Crippen LogP) is 3.78. The van der Waals surface area contributed by atoms with Crippen LogP contribution in [0.4, 0.5) is 11.4 Å². The quantitative estimate of drug-likeness (QED) is 0.546. The van der Waals surface area contributed by atoms with Gasteiger partial charge >= 0.3 is 0 Å². The molecule has 1 atom stereocenters. The summed E-state index contributed by atoms with van der Waals surface area (Å²) in [5, 5.41) is 2.97. The Balaban J connectivity index is 1.79. The molecule has 3 aromatic carbocycles. The molecule has 8 heteroatoms. The van der Waals surface area contributed by atoms with E-state index in [-0.39, 0.29) is 4.90 Å². The van der Waals surface area contributed by atoms with Crippen molar-refractivity contribution in [1.82, 2.24) is 0 Å². The van der Waals surface area contributed by atoms with Crippen LogP contribution in [0, 0.1) is 0 Å². The van der Waals surface area contributed by atoms with Gasteiger partial charge in [0.25, 0.3) is 10.0 Å². The fourth-order valence-electron chi connectivity index (χ4n) is 2.51. The average molecular weight is 402 g/mol. The molecule has 3 rings (SSSR count). The first kappa shape index (κ1) is 19.1. The molecule has 1 unspecified atom stereocenters. The van der Waals surface area contributed by atoms with E-state index in [0.717, 1.165) is 16.8 Å². The number of benzene rings is 3. The van der Waals surface area contributed by atoms with Gasteiger partial charge in [-0.2, -0.15) is 0 Å². The first-order chi connectivity index (χ1) is 12.9. The van der Waals surface area contributed by atoms with E-state index in [1.807, 2.05) is 0 Å². The second-order valence-corrected chi connectivity index (χ2v) is 8.38. The van der Waals surface area contributed by atoms with E-state index < -0.39 is 21.1 Å². The van der Waals surface area contributed by atoms with Crippen LogP contribution < -0.4 is 10.0 Å². The van der Waals surface area contributed by atoms with Crippen LogP contribution in [0.1, 0.15) is 0 Å². The summed E-state index contributed by atoms with van der Waals surface area (Å²) in [6.45, 7) is 0. The molecule has 0 saturated heterocycles. The van der Waals surface area contributed by atoms with E-state index in [2.05, 4.69) is 10.0 Å². The summed E-state index contributed by atoms with van der Waals surface area (Å²) in [7, 11) is -1.90. The van der Waals surface area contributed by atoms with Crippen LogP contribution >= 0.6 is 0 Å². The van der Waals surface area contributed by atoms with E-state index in [4.69, 9.17) is 4.55 Å². The number of rotatable bonds is 6. The minimum absolute atomic E-state index is 0.150. The van der Waals surface area contributed by atoms with Gasteiger partial charge in [-0.15, -0.1) is 0 Å². The van der Waals surface area contributed by atoms with Gasteiger partial charge in [0.1, 0.15) is 0 Å². The summed E-state index contributed by atoms with van der Waals surface area (Å²) in [6.07, 6.45) is 0. The first-order valence-corrected chi connectivity index (χ1v) is 10.6. The van der Waals surface area contributed by atoms with Crippen LogP contribution in [0.25, 0.3) is 11.1 Å². The molecule has 6 nitrogen and oxygen atoms in total. The molecule has 0 aliphatic carbocycles. The van der Waals surface area contributed by atoms with E-state index in [0.29, 0.717) is 10.6 Å². The van der Waals surface area contributed by atoms with Gasteiger partial charge in [0.2, 0.25) is 0 Å². The number of hydrogen-bond donors (Lipinski definition) is 3. The third-order valence-corrected chi connectivity index (χ3v) is 6.05. The van der Waals surface area contributed by atoms with Gasteiger partial charge in [0.15, 0.2) is 11.1 Å². The van der Waals surface area contributed by atoms with Gasteiger partial charge in [0.05, 0.1) is 9.79 Å². The summed E-state index contributed by atoms with van der Waals surface area (Å²) in [5.41, 5.74) is 3.00. The Morgan fingerprint density at radius 3 is 1.74 bits per heavy atom. The van der Waals surface area contributed by atoms with Crippen LogP contribution in [0.15, 0.2) is 82.6 Å². The molecule has 0 aromatic heterocycles. The van der Waals surface area contributed by atoms with Gasteiger partial charge < -0.3 is 9.87 Å². The number of hydrogen-bond acceptors (Lipinski definition) is 4. The van der Waals surface area contributed by atoms with Crippen LogP contribution in [-0.4, -0.2) is 24.2 Å². The van der Waals surface area contributed by atoms with Gasteiger partial charge in [-0.05, 0) is 59.7 Å². The van der Waals surface area contributed by atoms with Gasteiger partial charge in [0, 0.05) is 18.4 Å². The largest absolute Gasteiger partial charge is 0.388 e. The lowest BCUT2D eigenvalue weighted by atomic mass is 10.1. The first-order valence-electron chi connectivity index (χ1n) is 8.01. The van der Waals surface area contributed by atoms with Crippen molar-refractivity contribution in [2.24, 2.45) is 0 Å². The zero-order valence-electron chi connectivity index (χ0n) is 14.4. The van der Waals surface area contributed by atoms with Crippen LogP contribution in [0.2, 0.25) is 0 Å². The summed E-state index contributed by atoms with van der Waals surface area (Å²) in [4.78, 5) is 0.462. The van der Waals surface area contributed by atoms with Crippen molar-refractivity contribution in [3.63, 3.8) is 0 Å². The minimum atomic E-state index is -3.69.